The van der Waals surface area contributed by atoms with Gasteiger partial charge >= 0.3 is 0 Å². The van der Waals surface area contributed by atoms with Crippen molar-refractivity contribution >= 4 is 20.0 Å². The molecule has 0 amide bonds. The second kappa shape index (κ2) is 3.04. The van der Waals surface area contributed by atoms with Gasteiger partial charge in [-0.3, -0.25) is 0 Å². The first-order chi connectivity index (χ1) is 4.83. The van der Waals surface area contributed by atoms with Crippen LogP contribution in [-0.2, 0) is 20.0 Å². The van der Waals surface area contributed by atoms with Crippen molar-refractivity contribution in [2.24, 2.45) is 0 Å². The van der Waals surface area contributed by atoms with E-state index in [2.05, 4.69) is 13.0 Å². The van der Waals surface area contributed by atoms with Crippen molar-refractivity contribution in [1.29, 1.82) is 0 Å². The van der Waals surface area contributed by atoms with E-state index in [1.54, 1.807) is 0 Å². The molecular formula is C4H5NO4S2. The number of hydrogen-bond donors (Lipinski definition) is 1. The minimum Gasteiger partial charge on any atom is -0.207 e. The molecule has 5 nitrogen and oxygen atoms in total. The molecule has 0 aliphatic heterocycles. The van der Waals surface area contributed by atoms with Gasteiger partial charge in [0.1, 0.15) is 0 Å². The molecule has 0 rings (SSSR count). The number of nitrogens with one attached hydrogen (secondary N) is 1. The summed E-state index contributed by atoms with van der Waals surface area (Å²) < 4.78 is 43.0. The number of sulfonamides is 2. The van der Waals surface area contributed by atoms with Crippen molar-refractivity contribution in [2.45, 2.75) is 0 Å². The predicted molar refractivity (Wildman–Crippen MR) is 40.0 cm³/mol. The van der Waals surface area contributed by atoms with E-state index < -0.39 is 20.0 Å². The molecule has 0 aromatic heterocycles. The molecule has 0 radical (unpaired) electrons. The third-order valence-electron chi connectivity index (χ3n) is 0.600. The molecule has 0 fully saturated rings. The average Bonchev–Trinajstić information content (AvgIpc) is 1.86. The Kier molecular flexibility index (Phi) is 2.81. The highest BCUT2D eigenvalue weighted by Gasteiger charge is 2.13. The molecular weight excluding hydrogens is 190 g/mol. The van der Waals surface area contributed by atoms with Crippen LogP contribution in [-0.4, -0.2) is 16.8 Å². The van der Waals surface area contributed by atoms with Gasteiger partial charge in [-0.15, -0.1) is 6.42 Å². The summed E-state index contributed by atoms with van der Waals surface area (Å²) in [5.74, 6) is 0. The van der Waals surface area contributed by atoms with E-state index in [9.17, 15) is 16.8 Å². The summed E-state index contributed by atoms with van der Waals surface area (Å²) >= 11 is 0. The Hall–Kier alpha value is -0.840. The molecule has 0 aliphatic rings. The second-order valence-electron chi connectivity index (χ2n) is 1.42. The first-order valence-electron chi connectivity index (χ1n) is 2.21. The molecule has 0 spiro atoms. The Bertz CT molecular complexity index is 382. The Morgan fingerprint density at radius 3 is 2.09 bits per heavy atom. The quantitative estimate of drug-likeness (QED) is 0.584. The average molecular weight is 195 g/mol. The van der Waals surface area contributed by atoms with Gasteiger partial charge < -0.3 is 0 Å². The lowest BCUT2D eigenvalue weighted by Crippen LogP contribution is -2.26. The molecule has 11 heavy (non-hydrogen) atoms. The van der Waals surface area contributed by atoms with E-state index >= 15 is 0 Å². The van der Waals surface area contributed by atoms with Gasteiger partial charge in [0.15, 0.2) is 0 Å². The van der Waals surface area contributed by atoms with Crippen LogP contribution in [0.5, 0.6) is 0 Å². The summed E-state index contributed by atoms with van der Waals surface area (Å²) in [5, 5.41) is 1.71. The van der Waals surface area contributed by atoms with Gasteiger partial charge in [0.2, 0.25) is 10.0 Å². The van der Waals surface area contributed by atoms with Gasteiger partial charge in [0, 0.05) is 10.7 Å². The lowest BCUT2D eigenvalue weighted by Gasteiger charge is -1.95. The monoisotopic (exact) mass is 195 g/mol. The molecule has 0 heterocycles. The van der Waals surface area contributed by atoms with Crippen molar-refractivity contribution < 1.29 is 16.8 Å². The molecule has 0 unspecified atom stereocenters. The number of hydrogen-bond acceptors (Lipinski definition) is 4. The second-order valence-corrected chi connectivity index (χ2v) is 4.75. The summed E-state index contributed by atoms with van der Waals surface area (Å²) in [7, 11) is -8.18. The molecule has 0 saturated heterocycles. The van der Waals surface area contributed by atoms with Gasteiger partial charge in [-0.2, -0.15) is 8.42 Å². The van der Waals surface area contributed by atoms with Crippen LogP contribution in [0, 0.1) is 11.7 Å². The molecule has 0 aromatic carbocycles. The molecule has 0 aromatic rings. The van der Waals surface area contributed by atoms with Crippen molar-refractivity contribution in [2.75, 3.05) is 0 Å². The van der Waals surface area contributed by atoms with Crippen LogP contribution < -0.4 is 4.13 Å². The lowest BCUT2D eigenvalue weighted by atomic mass is 11.3. The molecule has 7 heteroatoms. The van der Waals surface area contributed by atoms with E-state index in [-0.39, 0.29) is 0 Å². The van der Waals surface area contributed by atoms with Crippen molar-refractivity contribution in [3.8, 4) is 11.7 Å². The summed E-state index contributed by atoms with van der Waals surface area (Å²) in [6.07, 6.45) is 4.47. The zero-order chi connectivity index (χ0) is 9.12. The van der Waals surface area contributed by atoms with Crippen LogP contribution in [0.15, 0.2) is 12.0 Å². The highest BCUT2D eigenvalue weighted by atomic mass is 32.3. The van der Waals surface area contributed by atoms with Crippen LogP contribution in [0.4, 0.5) is 0 Å². The van der Waals surface area contributed by atoms with E-state index in [0.29, 0.717) is 5.41 Å². The first kappa shape index (κ1) is 10.2. The van der Waals surface area contributed by atoms with Gasteiger partial charge in [-0.1, -0.05) is 10.7 Å². The molecule has 1 N–H and O–H groups in total. The van der Waals surface area contributed by atoms with Gasteiger partial charge in [0.05, 0.1) is 0 Å². The lowest BCUT2D eigenvalue weighted by molar-refractivity contribution is 0.588. The van der Waals surface area contributed by atoms with E-state index in [0.717, 1.165) is 0 Å². The summed E-state index contributed by atoms with van der Waals surface area (Å²) in [5.41, 5.74) is 0. The molecule has 0 atom stereocenters. The fourth-order valence-corrected chi connectivity index (χ4v) is 1.90. The maximum atomic E-state index is 10.5. The summed E-state index contributed by atoms with van der Waals surface area (Å²) in [6.45, 7) is 2.87. The van der Waals surface area contributed by atoms with Gasteiger partial charge in [-0.25, -0.2) is 8.42 Å². The SMILES string of the molecule is C#CS(=O)(=O)NS(=O)(=O)C=C. The van der Waals surface area contributed by atoms with Crippen molar-refractivity contribution in [1.82, 2.24) is 4.13 Å². The standard InChI is InChI=1S/C4H5NO4S2/c1-3-10(6,7)5-11(8,9)4-2/h1,4-5H,2H2. The summed E-state index contributed by atoms with van der Waals surface area (Å²) in [6, 6.07) is 0. The molecule has 0 aliphatic carbocycles. The zero-order valence-electron chi connectivity index (χ0n) is 5.31. The Morgan fingerprint density at radius 2 is 1.82 bits per heavy atom. The first-order valence-corrected chi connectivity index (χ1v) is 5.24. The fraction of sp³-hybridized carbons (Fsp3) is 0. The number of rotatable bonds is 3. The Balaban J connectivity index is 4.86. The minimum atomic E-state index is -4.17. The van der Waals surface area contributed by atoms with Crippen LogP contribution in [0.2, 0.25) is 0 Å². The highest BCUT2D eigenvalue weighted by molar-refractivity contribution is 8.08. The molecule has 0 saturated carbocycles. The van der Waals surface area contributed by atoms with Crippen LogP contribution in [0.25, 0.3) is 0 Å². The summed E-state index contributed by atoms with van der Waals surface area (Å²) in [4.78, 5) is 0. The van der Waals surface area contributed by atoms with E-state index in [1.807, 2.05) is 0 Å². The Morgan fingerprint density at radius 1 is 1.36 bits per heavy atom. The van der Waals surface area contributed by atoms with Gasteiger partial charge in [0.25, 0.3) is 10.0 Å². The third-order valence-corrected chi connectivity index (χ3v) is 3.16. The predicted octanol–water partition coefficient (Wildman–Crippen LogP) is -1.03. The Labute approximate surface area is 65.2 Å². The highest BCUT2D eigenvalue weighted by Crippen LogP contribution is 1.88. The van der Waals surface area contributed by atoms with Crippen molar-refractivity contribution in [3.63, 3.8) is 0 Å². The van der Waals surface area contributed by atoms with Gasteiger partial charge in [-0.05, 0) is 0 Å². The van der Waals surface area contributed by atoms with Crippen LogP contribution in [0.1, 0.15) is 0 Å². The van der Waals surface area contributed by atoms with Crippen LogP contribution >= 0.6 is 0 Å². The molecule has 0 bridgehead atoms. The smallest absolute Gasteiger partial charge is 0.207 e. The minimum absolute atomic E-state index is 0.446. The van der Waals surface area contributed by atoms with Crippen molar-refractivity contribution in [3.05, 3.63) is 12.0 Å². The number of terminal acetylenes is 1. The maximum Gasteiger partial charge on any atom is 0.293 e. The molecule has 62 valence electrons. The van der Waals surface area contributed by atoms with E-state index in [4.69, 9.17) is 0 Å². The van der Waals surface area contributed by atoms with Crippen LogP contribution in [0.3, 0.4) is 0 Å². The fourth-order valence-electron chi connectivity index (χ4n) is 0.211. The largest absolute Gasteiger partial charge is 0.293 e. The third kappa shape index (κ3) is 3.77. The maximum absolute atomic E-state index is 10.5. The zero-order valence-corrected chi connectivity index (χ0v) is 6.94. The van der Waals surface area contributed by atoms with E-state index in [1.165, 1.54) is 9.38 Å². The topological polar surface area (TPSA) is 80.3 Å². The normalized spacial score (nSPS) is 11.9.